The molecule has 0 aliphatic heterocycles. The zero-order chi connectivity index (χ0) is 17.5. The van der Waals surface area contributed by atoms with E-state index in [0.29, 0.717) is 17.4 Å². The molecule has 0 heterocycles. The first-order valence-electron chi connectivity index (χ1n) is 8.35. The minimum absolute atomic E-state index is 0.148. The zero-order valence-corrected chi connectivity index (χ0v) is 14.1. The van der Waals surface area contributed by atoms with Crippen LogP contribution < -0.4 is 5.32 Å². The van der Waals surface area contributed by atoms with Gasteiger partial charge in [0.2, 0.25) is 0 Å². The molecule has 1 aromatic carbocycles. The molecule has 1 aromatic rings. The van der Waals surface area contributed by atoms with Gasteiger partial charge < -0.3 is 10.1 Å². The van der Waals surface area contributed by atoms with Crippen LogP contribution in [0.2, 0.25) is 0 Å². The molecule has 3 atom stereocenters. The van der Waals surface area contributed by atoms with E-state index >= 15 is 0 Å². The Balaban J connectivity index is 1.74. The first kappa shape index (κ1) is 18.2. The number of nitrogens with one attached hydrogen (secondary N) is 1. The van der Waals surface area contributed by atoms with Gasteiger partial charge in [-0.2, -0.15) is 0 Å². The van der Waals surface area contributed by atoms with Crippen molar-refractivity contribution >= 4 is 18.0 Å². The van der Waals surface area contributed by atoms with Crippen LogP contribution in [-0.4, -0.2) is 24.5 Å². The van der Waals surface area contributed by atoms with Crippen molar-refractivity contribution in [3.8, 4) is 0 Å². The first-order chi connectivity index (χ1) is 11.5. The Morgan fingerprint density at radius 2 is 1.96 bits per heavy atom. The van der Waals surface area contributed by atoms with Crippen molar-refractivity contribution in [1.82, 2.24) is 5.32 Å². The van der Waals surface area contributed by atoms with Crippen LogP contribution in [0.25, 0.3) is 6.08 Å². The molecule has 0 bridgehead atoms. The normalized spacial score (nSPS) is 23.9. The third-order valence-corrected chi connectivity index (χ3v) is 4.68. The predicted molar refractivity (Wildman–Crippen MR) is 90.5 cm³/mol. The molecule has 2 rings (SSSR count). The van der Waals surface area contributed by atoms with Gasteiger partial charge in [0.05, 0.1) is 0 Å². The smallest absolute Gasteiger partial charge is 0.331 e. The fourth-order valence-corrected chi connectivity index (χ4v) is 2.96. The van der Waals surface area contributed by atoms with Gasteiger partial charge in [-0.05, 0) is 42.0 Å². The number of rotatable bonds is 5. The monoisotopic (exact) mass is 333 g/mol. The van der Waals surface area contributed by atoms with Crippen LogP contribution in [0.3, 0.4) is 0 Å². The van der Waals surface area contributed by atoms with Gasteiger partial charge in [-0.1, -0.05) is 38.8 Å². The largest absolute Gasteiger partial charge is 0.452 e. The summed E-state index contributed by atoms with van der Waals surface area (Å²) in [7, 11) is 0. The number of hydrogen-bond donors (Lipinski definition) is 1. The van der Waals surface area contributed by atoms with E-state index in [2.05, 4.69) is 19.2 Å². The number of hydrogen-bond acceptors (Lipinski definition) is 3. The summed E-state index contributed by atoms with van der Waals surface area (Å²) < 4.78 is 17.7. The fourth-order valence-electron chi connectivity index (χ4n) is 2.96. The van der Waals surface area contributed by atoms with Gasteiger partial charge in [0, 0.05) is 12.1 Å². The summed E-state index contributed by atoms with van der Waals surface area (Å²) in [5.41, 5.74) is 0.683. The Morgan fingerprint density at radius 1 is 1.25 bits per heavy atom. The fraction of sp³-hybridized carbons (Fsp3) is 0.474. The number of carbonyl (C=O) groups is 2. The zero-order valence-electron chi connectivity index (χ0n) is 14.1. The van der Waals surface area contributed by atoms with E-state index in [4.69, 9.17) is 4.74 Å². The number of ether oxygens (including phenoxy) is 1. The van der Waals surface area contributed by atoms with E-state index in [1.807, 2.05) is 0 Å². The van der Waals surface area contributed by atoms with Crippen LogP contribution >= 0.6 is 0 Å². The van der Waals surface area contributed by atoms with Crippen molar-refractivity contribution in [2.75, 3.05) is 6.61 Å². The number of carbonyl (C=O) groups excluding carboxylic acids is 2. The quantitative estimate of drug-likeness (QED) is 0.664. The van der Waals surface area contributed by atoms with Crippen LogP contribution in [0.4, 0.5) is 4.39 Å². The third kappa shape index (κ3) is 5.48. The van der Waals surface area contributed by atoms with Crippen molar-refractivity contribution < 1.29 is 18.7 Å². The number of halogens is 1. The van der Waals surface area contributed by atoms with Crippen molar-refractivity contribution in [2.24, 2.45) is 11.8 Å². The molecule has 1 amide bonds. The summed E-state index contributed by atoms with van der Waals surface area (Å²) in [5, 5.41) is 2.95. The molecule has 24 heavy (non-hydrogen) atoms. The summed E-state index contributed by atoms with van der Waals surface area (Å²) >= 11 is 0. The van der Waals surface area contributed by atoms with E-state index in [-0.39, 0.29) is 24.4 Å². The first-order valence-corrected chi connectivity index (χ1v) is 8.35. The molecule has 0 aromatic heterocycles. The lowest BCUT2D eigenvalue weighted by Crippen LogP contribution is -2.45. The highest BCUT2D eigenvalue weighted by Gasteiger charge is 2.28. The lowest BCUT2D eigenvalue weighted by Gasteiger charge is -2.34. The maximum atomic E-state index is 12.8. The van der Waals surface area contributed by atoms with Gasteiger partial charge in [0.25, 0.3) is 5.91 Å². The van der Waals surface area contributed by atoms with Crippen LogP contribution in [-0.2, 0) is 14.3 Å². The summed E-state index contributed by atoms with van der Waals surface area (Å²) in [6.45, 7) is 4.06. The number of amides is 1. The molecule has 0 unspecified atom stereocenters. The maximum Gasteiger partial charge on any atom is 0.331 e. The van der Waals surface area contributed by atoms with E-state index in [1.54, 1.807) is 12.1 Å². The van der Waals surface area contributed by atoms with Gasteiger partial charge >= 0.3 is 5.97 Å². The van der Waals surface area contributed by atoms with E-state index in [0.717, 1.165) is 12.8 Å². The molecule has 0 radical (unpaired) electrons. The highest BCUT2D eigenvalue weighted by atomic mass is 19.1. The average Bonchev–Trinajstić information content (AvgIpc) is 2.56. The lowest BCUT2D eigenvalue weighted by molar-refractivity contribution is -0.144. The van der Waals surface area contributed by atoms with E-state index in [1.165, 1.54) is 30.7 Å². The number of esters is 1. The minimum atomic E-state index is -0.598. The topological polar surface area (TPSA) is 55.4 Å². The summed E-state index contributed by atoms with van der Waals surface area (Å²) in [5.74, 6) is -0.191. The Kier molecular flexibility index (Phi) is 6.53. The van der Waals surface area contributed by atoms with E-state index in [9.17, 15) is 14.0 Å². The summed E-state index contributed by atoms with van der Waals surface area (Å²) in [4.78, 5) is 23.6. The Hall–Kier alpha value is -2.17. The molecule has 1 aliphatic carbocycles. The Morgan fingerprint density at radius 3 is 2.67 bits per heavy atom. The second kappa shape index (κ2) is 8.62. The summed E-state index contributed by atoms with van der Waals surface area (Å²) in [6, 6.07) is 5.87. The molecule has 0 saturated heterocycles. The molecular weight excluding hydrogens is 309 g/mol. The summed E-state index contributed by atoms with van der Waals surface area (Å²) in [6.07, 6.45) is 6.01. The van der Waals surface area contributed by atoms with Crippen molar-refractivity contribution in [2.45, 2.75) is 39.2 Å². The van der Waals surface area contributed by atoms with Crippen molar-refractivity contribution in [3.05, 3.63) is 41.7 Å². The Bertz CT molecular complexity index is 597. The molecule has 130 valence electrons. The van der Waals surface area contributed by atoms with Crippen LogP contribution in [0, 0.1) is 17.7 Å². The molecular formula is C19H24FNO3. The third-order valence-electron chi connectivity index (χ3n) is 4.68. The average molecular weight is 333 g/mol. The minimum Gasteiger partial charge on any atom is -0.452 e. The predicted octanol–water partition coefficient (Wildman–Crippen LogP) is 3.32. The highest BCUT2D eigenvalue weighted by molar-refractivity contribution is 5.89. The van der Waals surface area contributed by atoms with Crippen LogP contribution in [0.15, 0.2) is 30.3 Å². The van der Waals surface area contributed by atoms with Crippen LogP contribution in [0.1, 0.15) is 38.7 Å². The van der Waals surface area contributed by atoms with Crippen molar-refractivity contribution in [1.29, 1.82) is 0 Å². The highest BCUT2D eigenvalue weighted by Crippen LogP contribution is 2.29. The standard InChI is InChI=1S/C19H24FNO3/c1-13-4-3-5-17(14(13)2)21-18(22)12-24-19(23)11-8-15-6-9-16(20)10-7-15/h6-11,13-14,17H,3-5,12H2,1-2H3,(H,21,22)/b11-8+/t13-,14-,17+/m1/s1. The van der Waals surface area contributed by atoms with E-state index < -0.39 is 5.97 Å². The maximum absolute atomic E-state index is 12.8. The molecule has 4 nitrogen and oxygen atoms in total. The second-order valence-corrected chi connectivity index (χ2v) is 6.43. The molecule has 1 fully saturated rings. The molecule has 5 heteroatoms. The molecule has 1 saturated carbocycles. The molecule has 0 spiro atoms. The van der Waals surface area contributed by atoms with Gasteiger partial charge in [-0.15, -0.1) is 0 Å². The van der Waals surface area contributed by atoms with Gasteiger partial charge in [-0.3, -0.25) is 4.79 Å². The second-order valence-electron chi connectivity index (χ2n) is 6.43. The van der Waals surface area contributed by atoms with Gasteiger partial charge in [-0.25, -0.2) is 9.18 Å². The Labute approximate surface area is 142 Å². The van der Waals surface area contributed by atoms with Crippen molar-refractivity contribution in [3.63, 3.8) is 0 Å². The molecule has 1 aliphatic rings. The van der Waals surface area contributed by atoms with Gasteiger partial charge in [0.1, 0.15) is 5.82 Å². The number of benzene rings is 1. The lowest BCUT2D eigenvalue weighted by atomic mass is 9.78. The molecule has 1 N–H and O–H groups in total. The van der Waals surface area contributed by atoms with Crippen LogP contribution in [0.5, 0.6) is 0 Å². The SMILES string of the molecule is C[C@@H]1[C@H](C)CCC[C@@H]1NC(=O)COC(=O)/C=C/c1ccc(F)cc1. The van der Waals surface area contributed by atoms with Gasteiger partial charge in [0.15, 0.2) is 6.61 Å².